The summed E-state index contributed by atoms with van der Waals surface area (Å²) in [5.41, 5.74) is 1.52. The Kier molecular flexibility index (Phi) is 5.40. The number of carbonyl (C=O) groups is 1. The number of carbonyl (C=O) groups excluding carboxylic acids is 1. The number of nitrogens with one attached hydrogen (secondary N) is 1. The molecule has 2 aromatic rings. The van der Waals surface area contributed by atoms with Gasteiger partial charge in [0.25, 0.3) is 0 Å². The molecule has 1 atom stereocenters. The van der Waals surface area contributed by atoms with Gasteiger partial charge in [0, 0.05) is 12.6 Å². The van der Waals surface area contributed by atoms with E-state index in [1.807, 2.05) is 30.3 Å². The third-order valence-corrected chi connectivity index (χ3v) is 3.12. The monoisotopic (exact) mass is 288 g/mol. The molecule has 2 rings (SSSR count). The van der Waals surface area contributed by atoms with E-state index in [2.05, 4.69) is 10.3 Å². The predicted molar refractivity (Wildman–Crippen MR) is 76.9 cm³/mol. The van der Waals surface area contributed by atoms with E-state index in [0.29, 0.717) is 12.0 Å². The number of amides is 1. The van der Waals surface area contributed by atoms with Crippen LogP contribution in [-0.2, 0) is 11.2 Å². The van der Waals surface area contributed by atoms with Crippen molar-refractivity contribution in [1.29, 1.82) is 0 Å². The highest BCUT2D eigenvalue weighted by Crippen LogP contribution is 2.12. The van der Waals surface area contributed by atoms with Crippen LogP contribution in [0.1, 0.15) is 23.6 Å². The second-order valence-corrected chi connectivity index (χ2v) is 4.72. The van der Waals surface area contributed by atoms with Gasteiger partial charge in [-0.05, 0) is 23.6 Å². The molecule has 0 aliphatic rings. The first-order valence-electron chi connectivity index (χ1n) is 6.73. The average molecular weight is 288 g/mol. The van der Waals surface area contributed by atoms with E-state index < -0.39 is 11.9 Å². The van der Waals surface area contributed by atoms with Gasteiger partial charge in [-0.2, -0.15) is 0 Å². The molecule has 0 unspecified atom stereocenters. The Balaban J connectivity index is 1.89. The minimum absolute atomic E-state index is 0.169. The van der Waals surface area contributed by atoms with Crippen LogP contribution in [0.5, 0.6) is 0 Å². The minimum Gasteiger partial charge on any atom is -0.394 e. The molecule has 0 aliphatic heterocycles. The molecule has 0 saturated carbocycles. The number of halogens is 1. The van der Waals surface area contributed by atoms with E-state index >= 15 is 0 Å². The summed E-state index contributed by atoms with van der Waals surface area (Å²) < 4.78 is 13.0. The summed E-state index contributed by atoms with van der Waals surface area (Å²) in [5, 5.41) is 12.1. The normalized spacial score (nSPS) is 11.9. The standard InChI is InChI=1S/C16H17FN2O2/c17-14-8-12(9-18-10-14)6-7-16(21)19-15(11-20)13-4-2-1-3-5-13/h1-5,8-10,15,20H,6-7,11H2,(H,19,21)/t15-/m1/s1. The topological polar surface area (TPSA) is 62.2 Å². The van der Waals surface area contributed by atoms with Crippen molar-refractivity contribution < 1.29 is 14.3 Å². The number of hydrogen-bond donors (Lipinski definition) is 2. The summed E-state index contributed by atoms with van der Waals surface area (Å²) in [6.07, 6.45) is 3.29. The van der Waals surface area contributed by atoms with Gasteiger partial charge in [0.2, 0.25) is 5.91 Å². The third kappa shape index (κ3) is 4.65. The van der Waals surface area contributed by atoms with Crippen LogP contribution in [-0.4, -0.2) is 22.6 Å². The van der Waals surface area contributed by atoms with E-state index in [9.17, 15) is 14.3 Å². The SMILES string of the molecule is O=C(CCc1cncc(F)c1)N[C@H](CO)c1ccccc1. The molecule has 1 heterocycles. The molecular formula is C16H17FN2O2. The van der Waals surface area contributed by atoms with Crippen LogP contribution >= 0.6 is 0 Å². The van der Waals surface area contributed by atoms with Gasteiger partial charge in [-0.25, -0.2) is 4.39 Å². The Morgan fingerprint density at radius 3 is 2.71 bits per heavy atom. The fourth-order valence-corrected chi connectivity index (χ4v) is 2.04. The second kappa shape index (κ2) is 7.50. The van der Waals surface area contributed by atoms with Gasteiger partial charge in [-0.1, -0.05) is 30.3 Å². The van der Waals surface area contributed by atoms with Crippen molar-refractivity contribution in [3.63, 3.8) is 0 Å². The van der Waals surface area contributed by atoms with Crippen molar-refractivity contribution in [2.24, 2.45) is 0 Å². The van der Waals surface area contributed by atoms with Gasteiger partial charge in [-0.15, -0.1) is 0 Å². The fourth-order valence-electron chi connectivity index (χ4n) is 2.04. The number of rotatable bonds is 6. The molecule has 0 saturated heterocycles. The Morgan fingerprint density at radius 1 is 1.29 bits per heavy atom. The molecule has 5 heteroatoms. The molecule has 0 fully saturated rings. The molecule has 1 aromatic carbocycles. The van der Waals surface area contributed by atoms with Crippen LogP contribution in [0.25, 0.3) is 0 Å². The number of aliphatic hydroxyl groups excluding tert-OH is 1. The maximum absolute atomic E-state index is 13.0. The van der Waals surface area contributed by atoms with Crippen LogP contribution < -0.4 is 5.32 Å². The zero-order valence-corrected chi connectivity index (χ0v) is 11.5. The van der Waals surface area contributed by atoms with Crippen molar-refractivity contribution in [3.8, 4) is 0 Å². The molecule has 0 spiro atoms. The lowest BCUT2D eigenvalue weighted by atomic mass is 10.1. The van der Waals surface area contributed by atoms with Crippen LogP contribution in [0.4, 0.5) is 4.39 Å². The van der Waals surface area contributed by atoms with Crippen molar-refractivity contribution in [2.45, 2.75) is 18.9 Å². The van der Waals surface area contributed by atoms with E-state index in [1.54, 1.807) is 0 Å². The first-order valence-corrected chi connectivity index (χ1v) is 6.73. The second-order valence-electron chi connectivity index (χ2n) is 4.72. The highest BCUT2D eigenvalue weighted by atomic mass is 19.1. The van der Waals surface area contributed by atoms with E-state index in [4.69, 9.17) is 0 Å². The largest absolute Gasteiger partial charge is 0.394 e. The summed E-state index contributed by atoms with van der Waals surface area (Å²) in [6, 6.07) is 10.2. The van der Waals surface area contributed by atoms with Gasteiger partial charge in [-0.3, -0.25) is 9.78 Å². The van der Waals surface area contributed by atoms with E-state index in [-0.39, 0.29) is 18.9 Å². The number of aliphatic hydroxyl groups is 1. The van der Waals surface area contributed by atoms with Crippen molar-refractivity contribution in [3.05, 3.63) is 65.7 Å². The maximum Gasteiger partial charge on any atom is 0.220 e. The molecule has 1 aromatic heterocycles. The van der Waals surface area contributed by atoms with Gasteiger partial charge < -0.3 is 10.4 Å². The van der Waals surface area contributed by atoms with E-state index in [1.165, 1.54) is 12.3 Å². The molecule has 2 N–H and O–H groups in total. The van der Waals surface area contributed by atoms with Gasteiger partial charge in [0.15, 0.2) is 0 Å². The number of pyridine rings is 1. The number of nitrogens with zero attached hydrogens (tertiary/aromatic N) is 1. The molecular weight excluding hydrogens is 271 g/mol. The zero-order valence-electron chi connectivity index (χ0n) is 11.5. The number of aryl methyl sites for hydroxylation is 1. The predicted octanol–water partition coefficient (Wildman–Crippen LogP) is 2.00. The first-order chi connectivity index (χ1) is 10.2. The summed E-state index contributed by atoms with van der Waals surface area (Å²) in [5.74, 6) is -0.604. The Morgan fingerprint density at radius 2 is 2.05 bits per heavy atom. The van der Waals surface area contributed by atoms with Crippen LogP contribution in [0.2, 0.25) is 0 Å². The lowest BCUT2D eigenvalue weighted by Crippen LogP contribution is -2.30. The van der Waals surface area contributed by atoms with Crippen LogP contribution in [0.3, 0.4) is 0 Å². The molecule has 1 amide bonds. The molecule has 21 heavy (non-hydrogen) atoms. The first kappa shape index (κ1) is 15.1. The Labute approximate surface area is 122 Å². The highest BCUT2D eigenvalue weighted by molar-refractivity contribution is 5.76. The average Bonchev–Trinajstić information content (AvgIpc) is 2.51. The molecule has 0 bridgehead atoms. The zero-order chi connectivity index (χ0) is 15.1. The van der Waals surface area contributed by atoms with Crippen molar-refractivity contribution in [2.75, 3.05) is 6.61 Å². The highest BCUT2D eigenvalue weighted by Gasteiger charge is 2.13. The van der Waals surface area contributed by atoms with Crippen molar-refractivity contribution in [1.82, 2.24) is 10.3 Å². The van der Waals surface area contributed by atoms with Crippen LogP contribution in [0.15, 0.2) is 48.8 Å². The lowest BCUT2D eigenvalue weighted by Gasteiger charge is -2.16. The Hall–Kier alpha value is -2.27. The summed E-state index contributed by atoms with van der Waals surface area (Å²) in [4.78, 5) is 15.6. The van der Waals surface area contributed by atoms with E-state index in [0.717, 1.165) is 11.8 Å². The van der Waals surface area contributed by atoms with Crippen molar-refractivity contribution >= 4 is 5.91 Å². The summed E-state index contributed by atoms with van der Waals surface area (Å²) in [6.45, 7) is -0.169. The van der Waals surface area contributed by atoms with Gasteiger partial charge >= 0.3 is 0 Å². The minimum atomic E-state index is -0.427. The number of aromatic nitrogens is 1. The number of hydrogen-bond acceptors (Lipinski definition) is 3. The number of benzene rings is 1. The fraction of sp³-hybridized carbons (Fsp3) is 0.250. The van der Waals surface area contributed by atoms with Gasteiger partial charge in [0.1, 0.15) is 5.82 Å². The third-order valence-electron chi connectivity index (χ3n) is 3.12. The molecule has 0 radical (unpaired) electrons. The summed E-state index contributed by atoms with van der Waals surface area (Å²) >= 11 is 0. The quantitative estimate of drug-likeness (QED) is 0.854. The molecule has 110 valence electrons. The molecule has 0 aliphatic carbocycles. The summed E-state index contributed by atoms with van der Waals surface area (Å²) in [7, 11) is 0. The maximum atomic E-state index is 13.0. The lowest BCUT2D eigenvalue weighted by molar-refractivity contribution is -0.122. The molecule has 4 nitrogen and oxygen atoms in total. The Bertz CT molecular complexity index is 590. The van der Waals surface area contributed by atoms with Crippen LogP contribution in [0, 0.1) is 5.82 Å². The van der Waals surface area contributed by atoms with Gasteiger partial charge in [0.05, 0.1) is 18.8 Å². The smallest absolute Gasteiger partial charge is 0.220 e.